The molecule has 0 N–H and O–H groups in total. The average molecular weight is 231 g/mol. The lowest BCUT2D eigenvalue weighted by molar-refractivity contribution is 0.0524. The van der Waals surface area contributed by atoms with Gasteiger partial charge in [-0.15, -0.1) is 0 Å². The summed E-state index contributed by atoms with van der Waals surface area (Å²) in [5, 5.41) is 0. The second kappa shape index (κ2) is 5.39. The molecule has 16 heavy (non-hydrogen) atoms. The Kier molecular flexibility index (Phi) is 4.16. The van der Waals surface area contributed by atoms with E-state index in [1.807, 2.05) is 0 Å². The summed E-state index contributed by atoms with van der Waals surface area (Å²) in [7, 11) is 1.23. The van der Waals surface area contributed by atoms with E-state index in [9.17, 15) is 13.6 Å². The first kappa shape index (κ1) is 12.4. The summed E-state index contributed by atoms with van der Waals surface area (Å²) in [6.07, 6.45) is -1.70. The Balaban J connectivity index is 3.04. The quantitative estimate of drug-likeness (QED) is 0.745. The van der Waals surface area contributed by atoms with Gasteiger partial charge in [-0.1, -0.05) is 0 Å². The van der Waals surface area contributed by atoms with Crippen molar-refractivity contribution in [1.29, 1.82) is 0 Å². The molecule has 1 aromatic heterocycles. The number of ether oxygens (including phenoxy) is 2. The number of carbonyl (C=O) groups excluding carboxylic acids is 1. The molecule has 0 saturated heterocycles. The molecule has 1 aromatic rings. The summed E-state index contributed by atoms with van der Waals surface area (Å²) in [5.74, 6) is -0.741. The van der Waals surface area contributed by atoms with E-state index in [2.05, 4.69) is 4.98 Å². The molecule has 1 heterocycles. The molecule has 88 valence electrons. The van der Waals surface area contributed by atoms with Gasteiger partial charge in [0.25, 0.3) is 6.43 Å². The molecule has 4 nitrogen and oxygen atoms in total. The number of methoxy groups -OCH3 is 1. The Labute approximate surface area is 91.2 Å². The molecule has 6 heteroatoms. The molecule has 0 bridgehead atoms. The summed E-state index contributed by atoms with van der Waals surface area (Å²) in [6, 6.07) is 1.19. The predicted octanol–water partition coefficient (Wildman–Crippen LogP) is 2.20. The second-order valence-corrected chi connectivity index (χ2v) is 2.83. The third-order valence-corrected chi connectivity index (χ3v) is 1.82. The number of pyridine rings is 1. The van der Waals surface area contributed by atoms with Crippen LogP contribution in [0.1, 0.15) is 29.4 Å². The first-order valence-electron chi connectivity index (χ1n) is 4.59. The SMILES string of the molecule is CCOC(=O)c1cnc(C(F)F)c(OC)c1. The van der Waals surface area contributed by atoms with Crippen LogP contribution in [0.5, 0.6) is 5.75 Å². The van der Waals surface area contributed by atoms with E-state index in [1.165, 1.54) is 13.2 Å². The van der Waals surface area contributed by atoms with Gasteiger partial charge >= 0.3 is 5.97 Å². The highest BCUT2D eigenvalue weighted by Gasteiger charge is 2.18. The van der Waals surface area contributed by atoms with Crippen LogP contribution in [0.15, 0.2) is 12.3 Å². The van der Waals surface area contributed by atoms with Crippen LogP contribution in [0.25, 0.3) is 0 Å². The van der Waals surface area contributed by atoms with Crippen molar-refractivity contribution in [3.8, 4) is 5.75 Å². The molecule has 0 aromatic carbocycles. The third-order valence-electron chi connectivity index (χ3n) is 1.82. The predicted molar refractivity (Wildman–Crippen MR) is 51.7 cm³/mol. The van der Waals surface area contributed by atoms with Crippen LogP contribution in [-0.2, 0) is 4.74 Å². The van der Waals surface area contributed by atoms with Gasteiger partial charge in [-0.25, -0.2) is 13.6 Å². The van der Waals surface area contributed by atoms with E-state index in [4.69, 9.17) is 9.47 Å². The van der Waals surface area contributed by atoms with Crippen LogP contribution in [0, 0.1) is 0 Å². The Morgan fingerprint density at radius 2 is 2.25 bits per heavy atom. The number of aromatic nitrogens is 1. The van der Waals surface area contributed by atoms with E-state index >= 15 is 0 Å². The first-order valence-corrected chi connectivity index (χ1v) is 4.59. The Morgan fingerprint density at radius 1 is 1.56 bits per heavy atom. The van der Waals surface area contributed by atoms with Crippen LogP contribution in [-0.4, -0.2) is 24.7 Å². The lowest BCUT2D eigenvalue weighted by atomic mass is 10.2. The zero-order valence-corrected chi connectivity index (χ0v) is 8.87. The van der Waals surface area contributed by atoms with Gasteiger partial charge in [-0.3, -0.25) is 4.98 Å². The number of nitrogens with zero attached hydrogens (tertiary/aromatic N) is 1. The number of hydrogen-bond donors (Lipinski definition) is 0. The van der Waals surface area contributed by atoms with E-state index in [0.29, 0.717) is 0 Å². The Morgan fingerprint density at radius 3 is 2.75 bits per heavy atom. The minimum Gasteiger partial charge on any atom is -0.495 e. The largest absolute Gasteiger partial charge is 0.495 e. The fourth-order valence-corrected chi connectivity index (χ4v) is 1.11. The van der Waals surface area contributed by atoms with Crippen molar-refractivity contribution in [2.75, 3.05) is 13.7 Å². The average Bonchev–Trinajstić information content (AvgIpc) is 2.28. The maximum atomic E-state index is 12.4. The van der Waals surface area contributed by atoms with Crippen molar-refractivity contribution in [3.63, 3.8) is 0 Å². The van der Waals surface area contributed by atoms with E-state index in [0.717, 1.165) is 6.20 Å². The zero-order chi connectivity index (χ0) is 12.1. The topological polar surface area (TPSA) is 48.4 Å². The van der Waals surface area contributed by atoms with Crippen molar-refractivity contribution in [2.24, 2.45) is 0 Å². The summed E-state index contributed by atoms with van der Waals surface area (Å²) in [4.78, 5) is 14.8. The van der Waals surface area contributed by atoms with Gasteiger partial charge in [0, 0.05) is 6.20 Å². The molecule has 0 amide bonds. The van der Waals surface area contributed by atoms with Gasteiger partial charge in [0.05, 0.1) is 19.3 Å². The first-order chi connectivity index (χ1) is 7.60. The third kappa shape index (κ3) is 2.65. The minimum absolute atomic E-state index is 0.0862. The molecule has 0 radical (unpaired) electrons. The van der Waals surface area contributed by atoms with Gasteiger partial charge < -0.3 is 9.47 Å². The molecule has 0 spiro atoms. The lowest BCUT2D eigenvalue weighted by Crippen LogP contribution is -2.07. The van der Waals surface area contributed by atoms with Crippen molar-refractivity contribution in [2.45, 2.75) is 13.3 Å². The highest BCUT2D eigenvalue weighted by Crippen LogP contribution is 2.27. The molecule has 0 atom stereocenters. The van der Waals surface area contributed by atoms with Crippen molar-refractivity contribution in [3.05, 3.63) is 23.5 Å². The van der Waals surface area contributed by atoms with Gasteiger partial charge in [0.2, 0.25) is 0 Å². The number of rotatable bonds is 4. The maximum absolute atomic E-state index is 12.4. The van der Waals surface area contributed by atoms with Crippen LogP contribution < -0.4 is 4.74 Å². The molecular weight excluding hydrogens is 220 g/mol. The monoisotopic (exact) mass is 231 g/mol. The highest BCUT2D eigenvalue weighted by atomic mass is 19.3. The zero-order valence-electron chi connectivity index (χ0n) is 8.87. The van der Waals surface area contributed by atoms with Crippen LogP contribution in [0.3, 0.4) is 0 Å². The van der Waals surface area contributed by atoms with Crippen LogP contribution >= 0.6 is 0 Å². The fraction of sp³-hybridized carbons (Fsp3) is 0.400. The van der Waals surface area contributed by atoms with E-state index in [1.54, 1.807) is 6.92 Å². The van der Waals surface area contributed by atoms with Crippen LogP contribution in [0.4, 0.5) is 8.78 Å². The van der Waals surface area contributed by atoms with Gasteiger partial charge in [-0.2, -0.15) is 0 Å². The molecule has 0 aliphatic heterocycles. The number of hydrogen-bond acceptors (Lipinski definition) is 4. The molecule has 0 aliphatic carbocycles. The normalized spacial score (nSPS) is 10.3. The Hall–Kier alpha value is -1.72. The van der Waals surface area contributed by atoms with Crippen molar-refractivity contribution >= 4 is 5.97 Å². The summed E-state index contributed by atoms with van der Waals surface area (Å²) >= 11 is 0. The van der Waals surface area contributed by atoms with Crippen molar-refractivity contribution < 1.29 is 23.0 Å². The van der Waals surface area contributed by atoms with Crippen molar-refractivity contribution in [1.82, 2.24) is 4.98 Å². The standard InChI is InChI=1S/C10H11F2NO3/c1-3-16-10(14)6-4-7(15-2)8(9(11)12)13-5-6/h4-5,9H,3H2,1-2H3. The number of carbonyl (C=O) groups is 1. The maximum Gasteiger partial charge on any atom is 0.339 e. The number of esters is 1. The summed E-state index contributed by atoms with van der Waals surface area (Å²) in [6.45, 7) is 1.85. The lowest BCUT2D eigenvalue weighted by Gasteiger charge is -2.08. The molecule has 0 aliphatic rings. The van der Waals surface area contributed by atoms with E-state index in [-0.39, 0.29) is 17.9 Å². The van der Waals surface area contributed by atoms with Gasteiger partial charge in [0.1, 0.15) is 11.4 Å². The summed E-state index contributed by atoms with van der Waals surface area (Å²) in [5.41, 5.74) is -0.404. The molecular formula is C10H11F2NO3. The smallest absolute Gasteiger partial charge is 0.339 e. The molecule has 1 rings (SSSR count). The number of alkyl halides is 2. The van der Waals surface area contributed by atoms with E-state index < -0.39 is 18.1 Å². The van der Waals surface area contributed by atoms with Gasteiger partial charge in [-0.05, 0) is 13.0 Å². The molecule has 0 saturated carbocycles. The summed E-state index contributed by atoms with van der Waals surface area (Å²) < 4.78 is 34.3. The minimum atomic E-state index is -2.74. The van der Waals surface area contributed by atoms with Gasteiger partial charge in [0.15, 0.2) is 0 Å². The second-order valence-electron chi connectivity index (χ2n) is 2.83. The fourth-order valence-electron chi connectivity index (χ4n) is 1.11. The Bertz CT molecular complexity index is 382. The molecule has 0 unspecified atom stereocenters. The number of halogens is 2. The molecule has 0 fully saturated rings. The highest BCUT2D eigenvalue weighted by molar-refractivity contribution is 5.89. The van der Waals surface area contributed by atoms with Crippen LogP contribution in [0.2, 0.25) is 0 Å².